The highest BCUT2D eigenvalue weighted by atomic mass is 79.9. The highest BCUT2D eigenvalue weighted by molar-refractivity contribution is 9.10. The summed E-state index contributed by atoms with van der Waals surface area (Å²) >= 11 is 7.43. The molecule has 0 aromatic heterocycles. The zero-order valence-electron chi connectivity index (χ0n) is 8.18. The van der Waals surface area contributed by atoms with Gasteiger partial charge in [-0.15, -0.1) is 0 Å². The van der Waals surface area contributed by atoms with Crippen molar-refractivity contribution in [2.45, 2.75) is 47.5 Å². The van der Waals surface area contributed by atoms with Crippen molar-refractivity contribution in [3.8, 4) is 0 Å². The van der Waals surface area contributed by atoms with Crippen LogP contribution in [0.15, 0.2) is 0 Å². The fraction of sp³-hybridized carbons (Fsp3) is 1.00. The molecule has 82 valence electrons. The summed E-state index contributed by atoms with van der Waals surface area (Å²) in [4.78, 5) is 0.643. The number of hydrogen-bond acceptors (Lipinski definition) is 2. The van der Waals surface area contributed by atoms with E-state index >= 15 is 0 Å². The molecule has 1 heterocycles. The lowest BCUT2D eigenvalue weighted by Gasteiger charge is -2.38. The molecule has 0 unspecified atom stereocenters. The smallest absolute Gasteiger partial charge is 0.193 e. The van der Waals surface area contributed by atoms with Gasteiger partial charge in [0, 0.05) is 0 Å². The van der Waals surface area contributed by atoms with Gasteiger partial charge in [0.1, 0.15) is 0 Å². The zero-order chi connectivity index (χ0) is 10.0. The van der Waals surface area contributed by atoms with E-state index in [0.717, 1.165) is 26.1 Å². The summed E-state index contributed by atoms with van der Waals surface area (Å²) in [5.74, 6) is -0.402. The van der Waals surface area contributed by atoms with E-state index in [9.17, 15) is 0 Å². The van der Waals surface area contributed by atoms with Gasteiger partial charge in [-0.2, -0.15) is 0 Å². The van der Waals surface area contributed by atoms with E-state index in [0.29, 0.717) is 9.65 Å². The first-order chi connectivity index (χ1) is 6.76. The maximum atomic E-state index is 5.83. The standard InChI is InChI=1S/C10H16Br2O2/c11-8-4-2-1-3-5-9(12)10(8)13-6-7-14-10/h8-9H,1-7H2/t8-,9-/m0/s1. The Morgan fingerprint density at radius 3 is 1.86 bits per heavy atom. The molecule has 1 saturated heterocycles. The molecular formula is C10H16Br2O2. The molecule has 1 spiro atoms. The molecule has 1 aliphatic heterocycles. The monoisotopic (exact) mass is 326 g/mol. The van der Waals surface area contributed by atoms with Crippen molar-refractivity contribution >= 4 is 31.9 Å². The van der Waals surface area contributed by atoms with Gasteiger partial charge >= 0.3 is 0 Å². The van der Waals surface area contributed by atoms with Crippen LogP contribution in [0.5, 0.6) is 0 Å². The van der Waals surface area contributed by atoms with Gasteiger partial charge < -0.3 is 9.47 Å². The maximum Gasteiger partial charge on any atom is 0.193 e. The summed E-state index contributed by atoms with van der Waals surface area (Å²) in [5.41, 5.74) is 0. The van der Waals surface area contributed by atoms with Crippen molar-refractivity contribution in [2.24, 2.45) is 0 Å². The van der Waals surface area contributed by atoms with Gasteiger partial charge in [-0.25, -0.2) is 0 Å². The van der Waals surface area contributed by atoms with Gasteiger partial charge in [-0.05, 0) is 12.8 Å². The van der Waals surface area contributed by atoms with Crippen LogP contribution in [-0.2, 0) is 9.47 Å². The number of alkyl halides is 2. The van der Waals surface area contributed by atoms with E-state index in [4.69, 9.17) is 9.47 Å². The van der Waals surface area contributed by atoms with Gasteiger partial charge in [0.05, 0.1) is 22.9 Å². The highest BCUT2D eigenvalue weighted by Crippen LogP contribution is 2.41. The van der Waals surface area contributed by atoms with Crippen molar-refractivity contribution < 1.29 is 9.47 Å². The number of ether oxygens (including phenoxy) is 2. The van der Waals surface area contributed by atoms with Crippen molar-refractivity contribution in [1.29, 1.82) is 0 Å². The van der Waals surface area contributed by atoms with E-state index in [2.05, 4.69) is 31.9 Å². The molecule has 1 aliphatic carbocycles. The summed E-state index contributed by atoms with van der Waals surface area (Å²) in [6.45, 7) is 1.45. The number of hydrogen-bond donors (Lipinski definition) is 0. The molecule has 1 saturated carbocycles. The van der Waals surface area contributed by atoms with Gasteiger partial charge in [0.15, 0.2) is 5.79 Å². The Labute approximate surface area is 102 Å². The number of rotatable bonds is 0. The molecule has 0 radical (unpaired) electrons. The predicted octanol–water partition coefficient (Wildman–Crippen LogP) is 3.22. The molecular weight excluding hydrogens is 312 g/mol. The predicted molar refractivity (Wildman–Crippen MR) is 63.2 cm³/mol. The molecule has 2 nitrogen and oxygen atoms in total. The third kappa shape index (κ3) is 2.04. The topological polar surface area (TPSA) is 18.5 Å². The summed E-state index contributed by atoms with van der Waals surface area (Å²) in [7, 11) is 0. The van der Waals surface area contributed by atoms with Gasteiger partial charge in [0.25, 0.3) is 0 Å². The lowest BCUT2D eigenvalue weighted by Crippen LogP contribution is -2.48. The normalized spacial score (nSPS) is 38.1. The Morgan fingerprint density at radius 2 is 1.36 bits per heavy atom. The summed E-state index contributed by atoms with van der Waals surface area (Å²) in [5, 5.41) is 0. The van der Waals surface area contributed by atoms with Crippen molar-refractivity contribution in [3.05, 3.63) is 0 Å². The Bertz CT molecular complexity index is 179. The molecule has 2 rings (SSSR count). The van der Waals surface area contributed by atoms with Crippen LogP contribution >= 0.6 is 31.9 Å². The molecule has 4 heteroatoms. The second-order valence-electron chi connectivity index (χ2n) is 3.99. The van der Waals surface area contributed by atoms with Crippen LogP contribution in [0, 0.1) is 0 Å². The van der Waals surface area contributed by atoms with E-state index in [1.165, 1.54) is 19.3 Å². The minimum atomic E-state index is -0.402. The van der Waals surface area contributed by atoms with Gasteiger partial charge in [0.2, 0.25) is 0 Å². The van der Waals surface area contributed by atoms with Crippen molar-refractivity contribution in [2.75, 3.05) is 13.2 Å². The van der Waals surface area contributed by atoms with Gasteiger partial charge in [-0.3, -0.25) is 0 Å². The Hall–Kier alpha value is 0.880. The molecule has 2 atom stereocenters. The third-order valence-electron chi connectivity index (χ3n) is 3.03. The van der Waals surface area contributed by atoms with Crippen molar-refractivity contribution in [1.82, 2.24) is 0 Å². The average Bonchev–Trinajstić information content (AvgIpc) is 2.65. The van der Waals surface area contributed by atoms with Gasteiger partial charge in [-0.1, -0.05) is 51.1 Å². The lowest BCUT2D eigenvalue weighted by molar-refractivity contribution is -0.157. The molecule has 2 aliphatic rings. The third-order valence-corrected chi connectivity index (χ3v) is 5.22. The summed E-state index contributed by atoms with van der Waals surface area (Å²) in [6.07, 6.45) is 6.14. The van der Waals surface area contributed by atoms with E-state index < -0.39 is 5.79 Å². The Kier molecular flexibility index (Phi) is 3.91. The Balaban J connectivity index is 2.13. The quantitative estimate of drug-likeness (QED) is 0.636. The van der Waals surface area contributed by atoms with E-state index in [-0.39, 0.29) is 0 Å². The molecule has 0 N–H and O–H groups in total. The first kappa shape index (κ1) is 11.4. The van der Waals surface area contributed by atoms with Crippen LogP contribution in [-0.4, -0.2) is 28.7 Å². The Morgan fingerprint density at radius 1 is 0.857 bits per heavy atom. The molecule has 0 aromatic rings. The zero-order valence-corrected chi connectivity index (χ0v) is 11.3. The second-order valence-corrected chi connectivity index (χ2v) is 6.20. The van der Waals surface area contributed by atoms with Crippen LogP contribution in [0.3, 0.4) is 0 Å². The molecule has 0 aromatic carbocycles. The molecule has 2 fully saturated rings. The highest BCUT2D eigenvalue weighted by Gasteiger charge is 2.48. The van der Waals surface area contributed by atoms with Crippen LogP contribution in [0.2, 0.25) is 0 Å². The summed E-state index contributed by atoms with van der Waals surface area (Å²) < 4.78 is 11.7. The fourth-order valence-electron chi connectivity index (χ4n) is 2.23. The molecule has 0 amide bonds. The van der Waals surface area contributed by atoms with Crippen molar-refractivity contribution in [3.63, 3.8) is 0 Å². The lowest BCUT2D eigenvalue weighted by atomic mass is 9.95. The maximum absolute atomic E-state index is 5.83. The van der Waals surface area contributed by atoms with Crippen LogP contribution < -0.4 is 0 Å². The minimum Gasteiger partial charge on any atom is -0.345 e. The largest absolute Gasteiger partial charge is 0.345 e. The second kappa shape index (κ2) is 4.81. The van der Waals surface area contributed by atoms with Crippen LogP contribution in [0.4, 0.5) is 0 Å². The SMILES string of the molecule is Br[C@H]1CCCCC[C@H](Br)C12OCCO2. The first-order valence-electron chi connectivity index (χ1n) is 5.32. The molecule has 0 bridgehead atoms. The summed E-state index contributed by atoms with van der Waals surface area (Å²) in [6, 6.07) is 0. The molecule has 14 heavy (non-hydrogen) atoms. The van der Waals surface area contributed by atoms with E-state index in [1.807, 2.05) is 0 Å². The first-order valence-corrected chi connectivity index (χ1v) is 7.15. The minimum absolute atomic E-state index is 0.321. The van der Waals surface area contributed by atoms with Crippen LogP contribution in [0.1, 0.15) is 32.1 Å². The van der Waals surface area contributed by atoms with Crippen LogP contribution in [0.25, 0.3) is 0 Å². The number of halogens is 2. The fourth-order valence-corrected chi connectivity index (χ4v) is 4.40. The average molecular weight is 328 g/mol. The van der Waals surface area contributed by atoms with E-state index in [1.54, 1.807) is 0 Å².